The maximum absolute atomic E-state index is 12.6. The van der Waals surface area contributed by atoms with Crippen LogP contribution in [0.15, 0.2) is 18.3 Å². The molecule has 108 valence electrons. The summed E-state index contributed by atoms with van der Waals surface area (Å²) in [5.41, 5.74) is 1.78. The van der Waals surface area contributed by atoms with Crippen LogP contribution in [0.2, 0.25) is 0 Å². The Labute approximate surface area is 117 Å². The zero-order valence-electron chi connectivity index (χ0n) is 12.0. The minimum Gasteiger partial charge on any atom is -0.493 e. The van der Waals surface area contributed by atoms with Gasteiger partial charge in [0, 0.05) is 19.3 Å². The van der Waals surface area contributed by atoms with Crippen LogP contribution < -0.4 is 4.74 Å². The summed E-state index contributed by atoms with van der Waals surface area (Å²) in [4.78, 5) is 18.6. The summed E-state index contributed by atoms with van der Waals surface area (Å²) in [5.74, 6) is 0.486. The smallest absolute Gasteiger partial charge is 0.272 e. The number of pyridine rings is 1. The third-order valence-electron chi connectivity index (χ3n) is 3.25. The number of carbonyl (C=O) groups excluding carboxylic acids is 1. The Morgan fingerprint density at radius 3 is 2.90 bits per heavy atom. The Morgan fingerprint density at radius 1 is 1.55 bits per heavy atom. The van der Waals surface area contributed by atoms with Crippen molar-refractivity contribution in [3.05, 3.63) is 29.7 Å². The molecule has 0 fully saturated rings. The highest BCUT2D eigenvalue weighted by molar-refractivity contribution is 5.95. The van der Waals surface area contributed by atoms with Gasteiger partial charge in [-0.25, -0.2) is 4.98 Å². The van der Waals surface area contributed by atoms with Crippen molar-refractivity contribution in [3.8, 4) is 5.75 Å². The van der Waals surface area contributed by atoms with Gasteiger partial charge in [-0.05, 0) is 26.0 Å². The van der Waals surface area contributed by atoms with Crippen LogP contribution in [0.25, 0.3) is 5.65 Å². The van der Waals surface area contributed by atoms with Crippen LogP contribution in [0.5, 0.6) is 5.75 Å². The number of amides is 1. The van der Waals surface area contributed by atoms with Gasteiger partial charge in [0.25, 0.3) is 5.91 Å². The van der Waals surface area contributed by atoms with E-state index in [1.807, 2.05) is 13.0 Å². The molecule has 0 atom stereocenters. The van der Waals surface area contributed by atoms with E-state index in [1.54, 1.807) is 35.6 Å². The van der Waals surface area contributed by atoms with Crippen LogP contribution in [0.3, 0.4) is 0 Å². The Morgan fingerprint density at radius 2 is 2.30 bits per heavy atom. The third-order valence-corrected chi connectivity index (χ3v) is 3.25. The van der Waals surface area contributed by atoms with Crippen LogP contribution in [-0.2, 0) is 0 Å². The SMILES string of the molecule is CCN(CCO)C(=O)c1c(C)nc2c(OC)cccn12. The summed E-state index contributed by atoms with van der Waals surface area (Å²) in [7, 11) is 1.57. The minimum atomic E-state index is -0.139. The molecule has 6 nitrogen and oxygen atoms in total. The number of nitrogens with zero attached hydrogens (tertiary/aromatic N) is 3. The van der Waals surface area contributed by atoms with E-state index in [4.69, 9.17) is 9.84 Å². The van der Waals surface area contributed by atoms with E-state index in [1.165, 1.54) is 0 Å². The number of hydrogen-bond donors (Lipinski definition) is 1. The van der Waals surface area contributed by atoms with E-state index in [0.717, 1.165) is 0 Å². The average Bonchev–Trinajstić information content (AvgIpc) is 2.79. The van der Waals surface area contributed by atoms with Gasteiger partial charge in [-0.3, -0.25) is 9.20 Å². The Bertz CT molecular complexity index is 621. The Hall–Kier alpha value is -2.08. The van der Waals surface area contributed by atoms with Crippen molar-refractivity contribution in [2.45, 2.75) is 13.8 Å². The molecule has 2 heterocycles. The normalized spacial score (nSPS) is 10.8. The highest BCUT2D eigenvalue weighted by Crippen LogP contribution is 2.22. The van der Waals surface area contributed by atoms with Crippen molar-refractivity contribution in [1.82, 2.24) is 14.3 Å². The van der Waals surface area contributed by atoms with Gasteiger partial charge in [-0.2, -0.15) is 0 Å². The van der Waals surface area contributed by atoms with Gasteiger partial charge in [0.1, 0.15) is 5.69 Å². The second-order valence-electron chi connectivity index (χ2n) is 4.42. The lowest BCUT2D eigenvalue weighted by Crippen LogP contribution is -2.34. The fraction of sp³-hybridized carbons (Fsp3) is 0.429. The third kappa shape index (κ3) is 2.34. The maximum atomic E-state index is 12.6. The molecule has 0 bridgehead atoms. The average molecular weight is 277 g/mol. The van der Waals surface area contributed by atoms with Crippen molar-refractivity contribution >= 4 is 11.6 Å². The second kappa shape index (κ2) is 5.92. The molecule has 0 radical (unpaired) electrons. The quantitative estimate of drug-likeness (QED) is 0.889. The number of ether oxygens (including phenoxy) is 1. The van der Waals surface area contributed by atoms with E-state index >= 15 is 0 Å². The topological polar surface area (TPSA) is 67.1 Å². The largest absolute Gasteiger partial charge is 0.493 e. The van der Waals surface area contributed by atoms with E-state index in [0.29, 0.717) is 35.9 Å². The summed E-state index contributed by atoms with van der Waals surface area (Å²) >= 11 is 0. The van der Waals surface area contributed by atoms with Gasteiger partial charge in [0.15, 0.2) is 11.4 Å². The highest BCUT2D eigenvalue weighted by atomic mass is 16.5. The van der Waals surface area contributed by atoms with Gasteiger partial charge in [-0.15, -0.1) is 0 Å². The molecule has 1 amide bonds. The number of aryl methyl sites for hydroxylation is 1. The second-order valence-corrected chi connectivity index (χ2v) is 4.42. The first kappa shape index (κ1) is 14.3. The van der Waals surface area contributed by atoms with Crippen molar-refractivity contribution in [2.75, 3.05) is 26.8 Å². The summed E-state index contributed by atoms with van der Waals surface area (Å²) in [5, 5.41) is 9.04. The molecular weight excluding hydrogens is 258 g/mol. The molecule has 0 aromatic carbocycles. The molecule has 6 heteroatoms. The summed E-state index contributed by atoms with van der Waals surface area (Å²) in [6.07, 6.45) is 1.79. The predicted octanol–water partition coefficient (Wildman–Crippen LogP) is 1.11. The highest BCUT2D eigenvalue weighted by Gasteiger charge is 2.22. The summed E-state index contributed by atoms with van der Waals surface area (Å²) < 4.78 is 6.99. The lowest BCUT2D eigenvalue weighted by molar-refractivity contribution is 0.0724. The molecule has 1 N–H and O–H groups in total. The number of likely N-dealkylation sites (N-methyl/N-ethyl adjacent to an activating group) is 1. The molecule has 0 saturated carbocycles. The van der Waals surface area contributed by atoms with Crippen molar-refractivity contribution in [1.29, 1.82) is 0 Å². The number of aliphatic hydroxyl groups excluding tert-OH is 1. The predicted molar refractivity (Wildman–Crippen MR) is 75.1 cm³/mol. The summed E-state index contributed by atoms with van der Waals surface area (Å²) in [6.45, 7) is 4.47. The minimum absolute atomic E-state index is 0.0569. The Kier molecular flexibility index (Phi) is 4.24. The van der Waals surface area contributed by atoms with Crippen LogP contribution in [-0.4, -0.2) is 52.1 Å². The maximum Gasteiger partial charge on any atom is 0.272 e. The van der Waals surface area contributed by atoms with E-state index in [9.17, 15) is 4.79 Å². The standard InChI is InChI=1S/C14H19N3O3/c1-4-16(8-9-18)14(19)12-10(2)15-13-11(20-3)6-5-7-17(12)13/h5-7,18H,4,8-9H2,1-3H3. The van der Waals surface area contributed by atoms with E-state index < -0.39 is 0 Å². The van der Waals surface area contributed by atoms with Gasteiger partial charge in [0.05, 0.1) is 19.4 Å². The van der Waals surface area contributed by atoms with Gasteiger partial charge in [0.2, 0.25) is 0 Å². The lowest BCUT2D eigenvalue weighted by atomic mass is 10.3. The fourth-order valence-electron chi connectivity index (χ4n) is 2.25. The molecule has 2 rings (SSSR count). The molecule has 2 aromatic heterocycles. The molecular formula is C14H19N3O3. The number of carbonyl (C=O) groups is 1. The van der Waals surface area contributed by atoms with E-state index in [-0.39, 0.29) is 12.5 Å². The number of fused-ring (bicyclic) bond motifs is 1. The molecule has 0 spiro atoms. The molecule has 0 saturated heterocycles. The van der Waals surface area contributed by atoms with Crippen LogP contribution in [0.1, 0.15) is 23.1 Å². The summed E-state index contributed by atoms with van der Waals surface area (Å²) in [6, 6.07) is 3.62. The number of aliphatic hydroxyl groups is 1. The number of methoxy groups -OCH3 is 1. The Balaban J connectivity index is 2.54. The monoisotopic (exact) mass is 277 g/mol. The van der Waals surface area contributed by atoms with Crippen molar-refractivity contribution in [3.63, 3.8) is 0 Å². The molecule has 0 unspecified atom stereocenters. The number of hydrogen-bond acceptors (Lipinski definition) is 4. The van der Waals surface area contributed by atoms with Crippen LogP contribution in [0.4, 0.5) is 0 Å². The number of rotatable bonds is 5. The van der Waals surface area contributed by atoms with Crippen LogP contribution in [0, 0.1) is 6.92 Å². The van der Waals surface area contributed by atoms with Crippen LogP contribution >= 0.6 is 0 Å². The number of aromatic nitrogens is 2. The van der Waals surface area contributed by atoms with Crippen molar-refractivity contribution in [2.24, 2.45) is 0 Å². The lowest BCUT2D eigenvalue weighted by Gasteiger charge is -2.19. The van der Waals surface area contributed by atoms with E-state index in [2.05, 4.69) is 4.98 Å². The fourth-order valence-corrected chi connectivity index (χ4v) is 2.25. The van der Waals surface area contributed by atoms with Gasteiger partial charge in [-0.1, -0.05) is 0 Å². The van der Waals surface area contributed by atoms with Gasteiger partial charge >= 0.3 is 0 Å². The zero-order valence-corrected chi connectivity index (χ0v) is 12.0. The zero-order chi connectivity index (χ0) is 14.7. The molecule has 0 aliphatic heterocycles. The van der Waals surface area contributed by atoms with Gasteiger partial charge < -0.3 is 14.7 Å². The number of imidazole rings is 1. The van der Waals surface area contributed by atoms with Crippen molar-refractivity contribution < 1.29 is 14.6 Å². The molecule has 0 aliphatic rings. The first-order valence-electron chi connectivity index (χ1n) is 6.55. The first-order chi connectivity index (χ1) is 9.63. The molecule has 2 aromatic rings. The molecule has 0 aliphatic carbocycles. The first-order valence-corrected chi connectivity index (χ1v) is 6.55. The molecule has 20 heavy (non-hydrogen) atoms.